The van der Waals surface area contributed by atoms with Crippen molar-refractivity contribution in [3.63, 3.8) is 0 Å². The van der Waals surface area contributed by atoms with Gasteiger partial charge >= 0.3 is 0 Å². The highest BCUT2D eigenvalue weighted by atomic mass is 19.1. The monoisotopic (exact) mass is 255 g/mol. The highest BCUT2D eigenvalue weighted by Crippen LogP contribution is 2.24. The summed E-state index contributed by atoms with van der Waals surface area (Å²) in [4.78, 5) is 13.7. The number of ether oxygens (including phenoxy) is 1. The summed E-state index contributed by atoms with van der Waals surface area (Å²) in [5, 5.41) is 0. The number of nitrogens with zero attached hydrogens (tertiary/aromatic N) is 1. The molecule has 5 heteroatoms. The van der Waals surface area contributed by atoms with Gasteiger partial charge in [-0.3, -0.25) is 4.79 Å². The van der Waals surface area contributed by atoms with Gasteiger partial charge < -0.3 is 9.64 Å². The highest BCUT2D eigenvalue weighted by Gasteiger charge is 2.21. The summed E-state index contributed by atoms with van der Waals surface area (Å²) in [6.45, 7) is 1.29. The number of rotatable bonds is 2. The van der Waals surface area contributed by atoms with Crippen LogP contribution < -0.4 is 4.74 Å². The summed E-state index contributed by atoms with van der Waals surface area (Å²) in [7, 11) is 1.19. The minimum Gasteiger partial charge on any atom is -0.491 e. The second-order valence-corrected chi connectivity index (χ2v) is 4.33. The molecule has 0 N–H and O–H groups in total. The van der Waals surface area contributed by atoms with E-state index in [1.54, 1.807) is 4.90 Å². The van der Waals surface area contributed by atoms with Crippen molar-refractivity contribution in [1.29, 1.82) is 0 Å². The molecule has 98 valence electrons. The number of hydrogen-bond acceptors (Lipinski definition) is 2. The molecule has 1 aromatic rings. The van der Waals surface area contributed by atoms with Crippen LogP contribution in [-0.4, -0.2) is 31.0 Å². The molecule has 0 saturated carbocycles. The topological polar surface area (TPSA) is 29.5 Å². The molecule has 1 saturated heterocycles. The molecule has 1 aliphatic rings. The number of amides is 1. The SMILES string of the molecule is COc1c(F)cc(C(=O)N2CCCCC2)cc1F. The van der Waals surface area contributed by atoms with Crippen LogP contribution in [0.2, 0.25) is 0 Å². The minimum absolute atomic E-state index is 0.0349. The summed E-state index contributed by atoms with van der Waals surface area (Å²) >= 11 is 0. The molecule has 2 rings (SSSR count). The van der Waals surface area contributed by atoms with E-state index in [1.165, 1.54) is 7.11 Å². The normalized spacial score (nSPS) is 15.6. The van der Waals surface area contributed by atoms with E-state index in [1.807, 2.05) is 0 Å². The van der Waals surface area contributed by atoms with Crippen molar-refractivity contribution in [3.8, 4) is 5.75 Å². The van der Waals surface area contributed by atoms with Gasteiger partial charge in [0.15, 0.2) is 17.4 Å². The summed E-state index contributed by atoms with van der Waals surface area (Å²) in [6, 6.07) is 2.05. The molecule has 1 aliphatic heterocycles. The van der Waals surface area contributed by atoms with E-state index in [0.717, 1.165) is 31.4 Å². The van der Waals surface area contributed by atoms with E-state index in [9.17, 15) is 13.6 Å². The van der Waals surface area contributed by atoms with Crippen LogP contribution in [0.4, 0.5) is 8.78 Å². The Morgan fingerprint density at radius 3 is 2.22 bits per heavy atom. The fourth-order valence-electron chi connectivity index (χ4n) is 2.16. The molecule has 0 bridgehead atoms. The first-order valence-corrected chi connectivity index (χ1v) is 5.96. The number of benzene rings is 1. The van der Waals surface area contributed by atoms with E-state index in [4.69, 9.17) is 0 Å². The lowest BCUT2D eigenvalue weighted by Gasteiger charge is -2.26. The van der Waals surface area contributed by atoms with E-state index in [-0.39, 0.29) is 11.5 Å². The fraction of sp³-hybridized carbons (Fsp3) is 0.462. The van der Waals surface area contributed by atoms with Crippen molar-refractivity contribution in [3.05, 3.63) is 29.3 Å². The average Bonchev–Trinajstić information content (AvgIpc) is 2.38. The predicted octanol–water partition coefficient (Wildman–Crippen LogP) is 2.60. The van der Waals surface area contributed by atoms with Crippen LogP contribution in [-0.2, 0) is 0 Å². The van der Waals surface area contributed by atoms with Gasteiger partial charge in [0.05, 0.1) is 7.11 Å². The van der Waals surface area contributed by atoms with E-state index in [0.29, 0.717) is 13.1 Å². The minimum atomic E-state index is -0.849. The van der Waals surface area contributed by atoms with Crippen LogP contribution in [0.5, 0.6) is 5.75 Å². The fourth-order valence-corrected chi connectivity index (χ4v) is 2.16. The maximum atomic E-state index is 13.5. The van der Waals surface area contributed by atoms with E-state index >= 15 is 0 Å². The summed E-state index contributed by atoms with van der Waals surface area (Å²) in [5.74, 6) is -2.48. The Hall–Kier alpha value is -1.65. The molecule has 0 aliphatic carbocycles. The van der Waals surface area contributed by atoms with Crippen LogP contribution in [0.3, 0.4) is 0 Å². The molecule has 0 unspecified atom stereocenters. The number of carbonyl (C=O) groups is 1. The first-order chi connectivity index (χ1) is 8.63. The molecular formula is C13H15F2NO2. The molecule has 1 aromatic carbocycles. The Morgan fingerprint density at radius 1 is 1.17 bits per heavy atom. The number of methoxy groups -OCH3 is 1. The summed E-state index contributed by atoms with van der Waals surface area (Å²) in [5.41, 5.74) is 0.0349. The van der Waals surface area contributed by atoms with Gasteiger partial charge in [-0.15, -0.1) is 0 Å². The van der Waals surface area contributed by atoms with Gasteiger partial charge in [0.25, 0.3) is 5.91 Å². The molecule has 3 nitrogen and oxygen atoms in total. The van der Waals surface area contributed by atoms with E-state index in [2.05, 4.69) is 4.74 Å². The Bertz CT molecular complexity index is 433. The smallest absolute Gasteiger partial charge is 0.254 e. The van der Waals surface area contributed by atoms with Gasteiger partial charge in [0.2, 0.25) is 0 Å². The number of piperidine rings is 1. The van der Waals surface area contributed by atoms with Gasteiger partial charge in [0.1, 0.15) is 0 Å². The third-order valence-corrected chi connectivity index (χ3v) is 3.09. The molecule has 1 fully saturated rings. The molecule has 1 amide bonds. The van der Waals surface area contributed by atoms with Crippen molar-refractivity contribution >= 4 is 5.91 Å². The largest absolute Gasteiger partial charge is 0.491 e. The van der Waals surface area contributed by atoms with Gasteiger partial charge in [-0.05, 0) is 31.4 Å². The summed E-state index contributed by atoms with van der Waals surface area (Å²) < 4.78 is 31.6. The second-order valence-electron chi connectivity index (χ2n) is 4.33. The quantitative estimate of drug-likeness (QED) is 0.813. The lowest BCUT2D eigenvalue weighted by Crippen LogP contribution is -2.35. The molecule has 0 aromatic heterocycles. The Morgan fingerprint density at radius 2 is 1.72 bits per heavy atom. The molecule has 0 spiro atoms. The molecule has 1 heterocycles. The van der Waals surface area contributed by atoms with Crippen molar-refractivity contribution in [2.45, 2.75) is 19.3 Å². The van der Waals surface area contributed by atoms with Crippen LogP contribution in [0.1, 0.15) is 29.6 Å². The third kappa shape index (κ3) is 2.44. The van der Waals surface area contributed by atoms with Crippen molar-refractivity contribution in [2.24, 2.45) is 0 Å². The van der Waals surface area contributed by atoms with Crippen molar-refractivity contribution < 1.29 is 18.3 Å². The maximum Gasteiger partial charge on any atom is 0.254 e. The van der Waals surface area contributed by atoms with Crippen LogP contribution in [0, 0.1) is 11.6 Å². The zero-order valence-electron chi connectivity index (χ0n) is 10.2. The Balaban J connectivity index is 2.25. The van der Waals surface area contributed by atoms with Crippen LogP contribution in [0.15, 0.2) is 12.1 Å². The third-order valence-electron chi connectivity index (χ3n) is 3.09. The zero-order chi connectivity index (χ0) is 13.1. The van der Waals surface area contributed by atoms with E-state index < -0.39 is 17.4 Å². The maximum absolute atomic E-state index is 13.5. The number of carbonyl (C=O) groups excluding carboxylic acids is 1. The lowest BCUT2D eigenvalue weighted by molar-refractivity contribution is 0.0723. The van der Waals surface area contributed by atoms with Gasteiger partial charge in [0, 0.05) is 18.7 Å². The highest BCUT2D eigenvalue weighted by molar-refractivity contribution is 5.94. The Labute approximate surface area is 104 Å². The number of halogens is 2. The molecule has 18 heavy (non-hydrogen) atoms. The number of hydrogen-bond donors (Lipinski definition) is 0. The number of likely N-dealkylation sites (tertiary alicyclic amines) is 1. The van der Waals surface area contributed by atoms with Crippen molar-refractivity contribution in [2.75, 3.05) is 20.2 Å². The van der Waals surface area contributed by atoms with Crippen molar-refractivity contribution in [1.82, 2.24) is 4.90 Å². The van der Waals surface area contributed by atoms with Gasteiger partial charge in [-0.2, -0.15) is 0 Å². The van der Waals surface area contributed by atoms with Gasteiger partial charge in [-0.1, -0.05) is 0 Å². The van der Waals surface area contributed by atoms with Crippen LogP contribution in [0.25, 0.3) is 0 Å². The molecule has 0 atom stereocenters. The Kier molecular flexibility index (Phi) is 3.79. The van der Waals surface area contributed by atoms with Gasteiger partial charge in [-0.25, -0.2) is 8.78 Å². The average molecular weight is 255 g/mol. The molecule has 0 radical (unpaired) electrons. The predicted molar refractivity (Wildman–Crippen MR) is 62.7 cm³/mol. The first-order valence-electron chi connectivity index (χ1n) is 5.96. The lowest BCUT2D eigenvalue weighted by atomic mass is 10.1. The van der Waals surface area contributed by atoms with Crippen LogP contribution >= 0.6 is 0 Å². The second kappa shape index (κ2) is 5.33. The molecular weight excluding hydrogens is 240 g/mol. The summed E-state index contributed by atoms with van der Waals surface area (Å²) in [6.07, 6.45) is 2.97. The zero-order valence-corrected chi connectivity index (χ0v) is 10.2. The first kappa shape index (κ1) is 12.8. The standard InChI is InChI=1S/C13H15F2NO2/c1-18-12-10(14)7-9(8-11(12)15)13(17)16-5-3-2-4-6-16/h7-8H,2-6H2,1H3.